The SMILES string of the molecule is CCNC(CN1CCCC1CC)C(C)(C)C. The molecule has 1 fully saturated rings. The zero-order valence-electron chi connectivity index (χ0n) is 11.8. The molecule has 0 bridgehead atoms. The van der Waals surface area contributed by atoms with E-state index >= 15 is 0 Å². The number of hydrogen-bond acceptors (Lipinski definition) is 2. The number of rotatable bonds is 5. The van der Waals surface area contributed by atoms with Crippen molar-refractivity contribution in [3.8, 4) is 0 Å². The molecule has 1 aliphatic heterocycles. The second-order valence-electron chi connectivity index (χ2n) is 6.18. The molecule has 0 amide bonds. The summed E-state index contributed by atoms with van der Waals surface area (Å²) < 4.78 is 0. The topological polar surface area (TPSA) is 15.3 Å². The third-order valence-electron chi connectivity index (χ3n) is 3.88. The molecule has 0 aliphatic carbocycles. The predicted molar refractivity (Wildman–Crippen MR) is 71.8 cm³/mol. The van der Waals surface area contributed by atoms with Gasteiger partial charge in [-0.25, -0.2) is 0 Å². The zero-order valence-corrected chi connectivity index (χ0v) is 11.8. The maximum atomic E-state index is 3.65. The highest BCUT2D eigenvalue weighted by atomic mass is 15.2. The lowest BCUT2D eigenvalue weighted by Crippen LogP contribution is -2.49. The molecule has 1 heterocycles. The van der Waals surface area contributed by atoms with Crippen molar-refractivity contribution in [1.29, 1.82) is 0 Å². The van der Waals surface area contributed by atoms with Crippen LogP contribution in [-0.4, -0.2) is 36.6 Å². The van der Waals surface area contributed by atoms with Crippen LogP contribution in [0.1, 0.15) is 53.9 Å². The van der Waals surface area contributed by atoms with Gasteiger partial charge >= 0.3 is 0 Å². The first-order valence-corrected chi connectivity index (χ1v) is 6.96. The van der Waals surface area contributed by atoms with Crippen molar-refractivity contribution in [2.45, 2.75) is 66.0 Å². The molecule has 1 rings (SSSR count). The minimum Gasteiger partial charge on any atom is -0.312 e. The maximum absolute atomic E-state index is 3.65. The Morgan fingerprint density at radius 1 is 1.31 bits per heavy atom. The lowest BCUT2D eigenvalue weighted by atomic mass is 9.86. The number of likely N-dealkylation sites (N-methyl/N-ethyl adjacent to an activating group) is 1. The minimum atomic E-state index is 0.358. The summed E-state index contributed by atoms with van der Waals surface area (Å²) in [5.41, 5.74) is 0.358. The number of nitrogens with zero attached hydrogens (tertiary/aromatic N) is 1. The van der Waals surface area contributed by atoms with E-state index in [1.807, 2.05) is 0 Å². The van der Waals surface area contributed by atoms with Gasteiger partial charge in [0.15, 0.2) is 0 Å². The van der Waals surface area contributed by atoms with Crippen LogP contribution in [0, 0.1) is 5.41 Å². The van der Waals surface area contributed by atoms with E-state index in [1.54, 1.807) is 0 Å². The maximum Gasteiger partial charge on any atom is 0.0243 e. The summed E-state index contributed by atoms with van der Waals surface area (Å²) in [6.07, 6.45) is 4.10. The normalized spacial score (nSPS) is 24.9. The first-order chi connectivity index (χ1) is 7.49. The largest absolute Gasteiger partial charge is 0.312 e. The highest BCUT2D eigenvalue weighted by Gasteiger charge is 2.30. The highest BCUT2D eigenvalue weighted by molar-refractivity contribution is 4.87. The molecule has 2 atom stereocenters. The van der Waals surface area contributed by atoms with Gasteiger partial charge in [0, 0.05) is 18.6 Å². The van der Waals surface area contributed by atoms with Crippen molar-refractivity contribution in [3.05, 3.63) is 0 Å². The monoisotopic (exact) mass is 226 g/mol. The Hall–Kier alpha value is -0.0800. The second kappa shape index (κ2) is 6.02. The van der Waals surface area contributed by atoms with E-state index in [9.17, 15) is 0 Å². The van der Waals surface area contributed by atoms with Crippen LogP contribution in [0.25, 0.3) is 0 Å². The molecule has 0 aromatic heterocycles. The van der Waals surface area contributed by atoms with Gasteiger partial charge in [0.05, 0.1) is 0 Å². The Bertz CT molecular complexity index is 195. The number of nitrogens with one attached hydrogen (secondary N) is 1. The summed E-state index contributed by atoms with van der Waals surface area (Å²) in [4.78, 5) is 2.69. The van der Waals surface area contributed by atoms with Crippen LogP contribution < -0.4 is 5.32 Å². The van der Waals surface area contributed by atoms with Gasteiger partial charge in [0.2, 0.25) is 0 Å². The van der Waals surface area contributed by atoms with E-state index in [1.165, 1.54) is 32.4 Å². The van der Waals surface area contributed by atoms with Gasteiger partial charge in [-0.15, -0.1) is 0 Å². The Kier molecular flexibility index (Phi) is 5.26. The lowest BCUT2D eigenvalue weighted by molar-refractivity contribution is 0.162. The molecule has 96 valence electrons. The summed E-state index contributed by atoms with van der Waals surface area (Å²) in [5, 5.41) is 3.65. The van der Waals surface area contributed by atoms with E-state index in [0.29, 0.717) is 11.5 Å². The Morgan fingerprint density at radius 3 is 2.50 bits per heavy atom. The van der Waals surface area contributed by atoms with Crippen LogP contribution in [0.3, 0.4) is 0 Å². The molecule has 0 radical (unpaired) electrons. The summed E-state index contributed by atoms with van der Waals surface area (Å²) >= 11 is 0. The Labute approximate surface area is 102 Å². The van der Waals surface area contributed by atoms with Gasteiger partial charge in [0.1, 0.15) is 0 Å². The van der Waals surface area contributed by atoms with Crippen molar-refractivity contribution in [3.63, 3.8) is 0 Å². The van der Waals surface area contributed by atoms with Gasteiger partial charge in [-0.2, -0.15) is 0 Å². The molecule has 1 aliphatic rings. The van der Waals surface area contributed by atoms with E-state index in [4.69, 9.17) is 0 Å². The molecule has 2 heteroatoms. The van der Waals surface area contributed by atoms with Gasteiger partial charge in [-0.05, 0) is 37.8 Å². The average Bonchev–Trinajstić information content (AvgIpc) is 2.63. The van der Waals surface area contributed by atoms with Gasteiger partial charge in [0.25, 0.3) is 0 Å². The smallest absolute Gasteiger partial charge is 0.0243 e. The Balaban J connectivity index is 2.54. The van der Waals surface area contributed by atoms with Crippen LogP contribution in [0.5, 0.6) is 0 Å². The standard InChI is InChI=1S/C14H30N2/c1-6-12-9-8-10-16(12)11-13(15-7-2)14(3,4)5/h12-13,15H,6-11H2,1-5H3. The fourth-order valence-corrected chi connectivity index (χ4v) is 2.72. The van der Waals surface area contributed by atoms with Gasteiger partial charge in [-0.3, -0.25) is 4.90 Å². The van der Waals surface area contributed by atoms with Crippen LogP contribution in [0.15, 0.2) is 0 Å². The van der Waals surface area contributed by atoms with Crippen molar-refractivity contribution in [1.82, 2.24) is 10.2 Å². The number of likely N-dealkylation sites (tertiary alicyclic amines) is 1. The fraction of sp³-hybridized carbons (Fsp3) is 1.00. The lowest BCUT2D eigenvalue weighted by Gasteiger charge is -2.36. The van der Waals surface area contributed by atoms with Crippen molar-refractivity contribution < 1.29 is 0 Å². The molecule has 0 aromatic rings. The summed E-state index contributed by atoms with van der Waals surface area (Å²) in [5.74, 6) is 0. The van der Waals surface area contributed by atoms with E-state index in [2.05, 4.69) is 44.8 Å². The van der Waals surface area contributed by atoms with Crippen molar-refractivity contribution in [2.75, 3.05) is 19.6 Å². The molecule has 1 saturated heterocycles. The fourth-order valence-electron chi connectivity index (χ4n) is 2.72. The summed E-state index contributed by atoms with van der Waals surface area (Å²) in [6, 6.07) is 1.45. The molecule has 0 spiro atoms. The van der Waals surface area contributed by atoms with E-state index < -0.39 is 0 Å². The molecule has 0 saturated carbocycles. The predicted octanol–water partition coefficient (Wildman–Crippen LogP) is 2.89. The highest BCUT2D eigenvalue weighted by Crippen LogP contribution is 2.25. The van der Waals surface area contributed by atoms with Crippen LogP contribution in [0.4, 0.5) is 0 Å². The first-order valence-electron chi connectivity index (χ1n) is 6.96. The third kappa shape index (κ3) is 3.74. The Morgan fingerprint density at radius 2 is 2.00 bits per heavy atom. The van der Waals surface area contributed by atoms with Crippen LogP contribution >= 0.6 is 0 Å². The van der Waals surface area contributed by atoms with Crippen molar-refractivity contribution in [2.24, 2.45) is 5.41 Å². The first kappa shape index (κ1) is 14.0. The van der Waals surface area contributed by atoms with Gasteiger partial charge in [-0.1, -0.05) is 34.6 Å². The third-order valence-corrected chi connectivity index (χ3v) is 3.88. The van der Waals surface area contributed by atoms with E-state index in [-0.39, 0.29) is 0 Å². The molecule has 2 nitrogen and oxygen atoms in total. The second-order valence-corrected chi connectivity index (χ2v) is 6.18. The summed E-state index contributed by atoms with van der Waals surface area (Å²) in [6.45, 7) is 15.2. The minimum absolute atomic E-state index is 0.358. The quantitative estimate of drug-likeness (QED) is 0.775. The van der Waals surface area contributed by atoms with Crippen molar-refractivity contribution >= 4 is 0 Å². The molecular formula is C14H30N2. The van der Waals surface area contributed by atoms with Crippen LogP contribution in [0.2, 0.25) is 0 Å². The zero-order chi connectivity index (χ0) is 12.2. The van der Waals surface area contributed by atoms with Gasteiger partial charge < -0.3 is 5.32 Å². The van der Waals surface area contributed by atoms with Crippen LogP contribution in [-0.2, 0) is 0 Å². The number of hydrogen-bond donors (Lipinski definition) is 1. The van der Waals surface area contributed by atoms with E-state index in [0.717, 1.165) is 12.6 Å². The average molecular weight is 226 g/mol. The molecule has 16 heavy (non-hydrogen) atoms. The molecule has 0 aromatic carbocycles. The molecule has 1 N–H and O–H groups in total. The summed E-state index contributed by atoms with van der Waals surface area (Å²) in [7, 11) is 0. The molecular weight excluding hydrogens is 196 g/mol. The molecule has 2 unspecified atom stereocenters.